The zero-order valence-electron chi connectivity index (χ0n) is 14.1. The Labute approximate surface area is 126 Å². The van der Waals surface area contributed by atoms with Crippen LogP contribution in [0.5, 0.6) is 0 Å². The number of hydrogen-bond donors (Lipinski definition) is 1. The second kappa shape index (κ2) is 7.79. The minimum atomic E-state index is 0.577. The summed E-state index contributed by atoms with van der Waals surface area (Å²) in [4.78, 5) is 2.88. The minimum Gasteiger partial charge on any atom is -0.316 e. The van der Waals surface area contributed by atoms with E-state index in [9.17, 15) is 0 Å². The fraction of sp³-hybridized carbons (Fsp3) is 1.00. The highest BCUT2D eigenvalue weighted by atomic mass is 15.2. The molecule has 2 aliphatic rings. The molecule has 2 heteroatoms. The van der Waals surface area contributed by atoms with E-state index in [4.69, 9.17) is 0 Å². The predicted octanol–water partition coefficient (Wildman–Crippen LogP) is 4.06. The summed E-state index contributed by atoms with van der Waals surface area (Å²) in [5.41, 5.74) is 0.577. The second-order valence-corrected chi connectivity index (χ2v) is 7.75. The molecule has 0 atom stereocenters. The topological polar surface area (TPSA) is 15.3 Å². The maximum Gasteiger partial charge on any atom is 0.00956 e. The molecule has 2 fully saturated rings. The summed E-state index contributed by atoms with van der Waals surface area (Å²) in [5, 5.41) is 3.65. The Morgan fingerprint density at radius 3 is 2.30 bits per heavy atom. The van der Waals surface area contributed by atoms with Crippen LogP contribution < -0.4 is 5.32 Å². The highest BCUT2D eigenvalue weighted by Gasteiger charge is 2.37. The van der Waals surface area contributed by atoms with E-state index >= 15 is 0 Å². The van der Waals surface area contributed by atoms with Crippen molar-refractivity contribution in [1.29, 1.82) is 0 Å². The summed E-state index contributed by atoms with van der Waals surface area (Å²) >= 11 is 0. The molecule has 0 bridgehead atoms. The van der Waals surface area contributed by atoms with Crippen LogP contribution in [-0.4, -0.2) is 37.1 Å². The molecule has 0 aromatic rings. The lowest BCUT2D eigenvalue weighted by atomic mass is 9.84. The van der Waals surface area contributed by atoms with Gasteiger partial charge >= 0.3 is 0 Å². The highest BCUT2D eigenvalue weighted by molar-refractivity contribution is 4.92. The SMILES string of the molecule is CCNCC1(CN(CC(C)C)C2CCCC2)CCCC1. The van der Waals surface area contributed by atoms with Crippen molar-refractivity contribution in [1.82, 2.24) is 10.2 Å². The van der Waals surface area contributed by atoms with Crippen molar-refractivity contribution in [3.05, 3.63) is 0 Å². The summed E-state index contributed by atoms with van der Waals surface area (Å²) in [6, 6.07) is 0.886. The molecule has 0 saturated heterocycles. The first-order valence-corrected chi connectivity index (χ1v) is 9.10. The third kappa shape index (κ3) is 4.46. The predicted molar refractivity (Wildman–Crippen MR) is 88.1 cm³/mol. The monoisotopic (exact) mass is 280 g/mol. The Hall–Kier alpha value is -0.0800. The lowest BCUT2D eigenvalue weighted by Crippen LogP contribution is -2.47. The molecule has 2 rings (SSSR count). The molecule has 0 aromatic carbocycles. The van der Waals surface area contributed by atoms with Gasteiger partial charge in [0.25, 0.3) is 0 Å². The van der Waals surface area contributed by atoms with E-state index < -0.39 is 0 Å². The van der Waals surface area contributed by atoms with E-state index in [0.717, 1.165) is 18.5 Å². The summed E-state index contributed by atoms with van der Waals surface area (Å²) in [7, 11) is 0. The first-order chi connectivity index (χ1) is 9.65. The van der Waals surface area contributed by atoms with Gasteiger partial charge in [-0.1, -0.05) is 46.5 Å². The molecule has 0 aliphatic heterocycles. The van der Waals surface area contributed by atoms with Crippen molar-refractivity contribution in [3.63, 3.8) is 0 Å². The van der Waals surface area contributed by atoms with Gasteiger partial charge in [0.05, 0.1) is 0 Å². The normalized spacial score (nSPS) is 23.2. The maximum atomic E-state index is 3.65. The van der Waals surface area contributed by atoms with Gasteiger partial charge in [-0.15, -0.1) is 0 Å². The van der Waals surface area contributed by atoms with E-state index in [1.54, 1.807) is 0 Å². The maximum absolute atomic E-state index is 3.65. The van der Waals surface area contributed by atoms with Crippen LogP contribution in [0.25, 0.3) is 0 Å². The van der Waals surface area contributed by atoms with Gasteiger partial charge in [0.2, 0.25) is 0 Å². The van der Waals surface area contributed by atoms with E-state index in [-0.39, 0.29) is 0 Å². The number of hydrogen-bond acceptors (Lipinski definition) is 2. The molecular formula is C18H36N2. The summed E-state index contributed by atoms with van der Waals surface area (Å²) in [6.45, 7) is 12.0. The Kier molecular flexibility index (Phi) is 6.35. The number of nitrogens with one attached hydrogen (secondary N) is 1. The molecule has 118 valence electrons. The van der Waals surface area contributed by atoms with Crippen molar-refractivity contribution < 1.29 is 0 Å². The second-order valence-electron chi connectivity index (χ2n) is 7.75. The molecule has 0 amide bonds. The van der Waals surface area contributed by atoms with Gasteiger partial charge in [-0.3, -0.25) is 4.90 Å². The highest BCUT2D eigenvalue weighted by Crippen LogP contribution is 2.40. The third-order valence-electron chi connectivity index (χ3n) is 5.39. The summed E-state index contributed by atoms with van der Waals surface area (Å²) in [5.74, 6) is 0.799. The lowest BCUT2D eigenvalue weighted by molar-refractivity contribution is 0.0982. The average Bonchev–Trinajstić information content (AvgIpc) is 3.07. The number of nitrogens with zero attached hydrogens (tertiary/aromatic N) is 1. The fourth-order valence-corrected chi connectivity index (χ4v) is 4.42. The van der Waals surface area contributed by atoms with Gasteiger partial charge in [0.15, 0.2) is 0 Å². The van der Waals surface area contributed by atoms with Crippen LogP contribution in [0.3, 0.4) is 0 Å². The minimum absolute atomic E-state index is 0.577. The van der Waals surface area contributed by atoms with Crippen LogP contribution in [-0.2, 0) is 0 Å². The van der Waals surface area contributed by atoms with Gasteiger partial charge in [0, 0.05) is 25.7 Å². The first-order valence-electron chi connectivity index (χ1n) is 9.10. The molecule has 0 heterocycles. The molecule has 0 radical (unpaired) electrons. The van der Waals surface area contributed by atoms with E-state index in [1.165, 1.54) is 71.0 Å². The lowest BCUT2D eigenvalue weighted by Gasteiger charge is -2.39. The molecule has 0 spiro atoms. The molecule has 2 saturated carbocycles. The largest absolute Gasteiger partial charge is 0.316 e. The molecule has 2 aliphatic carbocycles. The van der Waals surface area contributed by atoms with Crippen LogP contribution in [0.2, 0.25) is 0 Å². The van der Waals surface area contributed by atoms with Crippen molar-refractivity contribution >= 4 is 0 Å². The van der Waals surface area contributed by atoms with Crippen LogP contribution in [0.1, 0.15) is 72.1 Å². The first kappa shape index (κ1) is 16.3. The standard InChI is InChI=1S/C18H36N2/c1-4-19-14-18(11-7-8-12-18)15-20(13-16(2)3)17-9-5-6-10-17/h16-17,19H,4-15H2,1-3H3. The number of rotatable bonds is 8. The van der Waals surface area contributed by atoms with Gasteiger partial charge < -0.3 is 5.32 Å². The van der Waals surface area contributed by atoms with Crippen molar-refractivity contribution in [2.24, 2.45) is 11.3 Å². The molecule has 2 nitrogen and oxygen atoms in total. The molecule has 0 aromatic heterocycles. The zero-order chi connectivity index (χ0) is 14.4. The van der Waals surface area contributed by atoms with Gasteiger partial charge in [-0.25, -0.2) is 0 Å². The van der Waals surface area contributed by atoms with E-state index in [0.29, 0.717) is 5.41 Å². The smallest absolute Gasteiger partial charge is 0.00956 e. The van der Waals surface area contributed by atoms with Gasteiger partial charge in [-0.2, -0.15) is 0 Å². The van der Waals surface area contributed by atoms with Crippen LogP contribution in [0, 0.1) is 11.3 Å². The Balaban J connectivity index is 1.99. The Bertz CT molecular complexity index is 263. The van der Waals surface area contributed by atoms with Crippen LogP contribution in [0.15, 0.2) is 0 Å². The Morgan fingerprint density at radius 1 is 1.10 bits per heavy atom. The fourth-order valence-electron chi connectivity index (χ4n) is 4.42. The van der Waals surface area contributed by atoms with Crippen molar-refractivity contribution in [2.75, 3.05) is 26.2 Å². The molecule has 20 heavy (non-hydrogen) atoms. The van der Waals surface area contributed by atoms with Crippen molar-refractivity contribution in [2.45, 2.75) is 78.2 Å². The average molecular weight is 280 g/mol. The van der Waals surface area contributed by atoms with Gasteiger partial charge in [0.1, 0.15) is 0 Å². The quantitative estimate of drug-likeness (QED) is 0.721. The molecular weight excluding hydrogens is 244 g/mol. The van der Waals surface area contributed by atoms with Crippen LogP contribution in [0.4, 0.5) is 0 Å². The molecule has 1 N–H and O–H groups in total. The Morgan fingerprint density at radius 2 is 1.75 bits per heavy atom. The van der Waals surface area contributed by atoms with Gasteiger partial charge in [-0.05, 0) is 43.6 Å². The third-order valence-corrected chi connectivity index (χ3v) is 5.39. The summed E-state index contributed by atoms with van der Waals surface area (Å²) in [6.07, 6.45) is 11.6. The van der Waals surface area contributed by atoms with Crippen LogP contribution >= 0.6 is 0 Å². The van der Waals surface area contributed by atoms with E-state index in [2.05, 4.69) is 31.0 Å². The van der Waals surface area contributed by atoms with E-state index in [1.807, 2.05) is 0 Å². The van der Waals surface area contributed by atoms with Crippen molar-refractivity contribution in [3.8, 4) is 0 Å². The molecule has 0 unspecified atom stereocenters. The zero-order valence-corrected chi connectivity index (χ0v) is 14.1. The summed E-state index contributed by atoms with van der Waals surface area (Å²) < 4.78 is 0.